The number of ether oxygens (including phenoxy) is 2. The number of benzene rings is 2. The molecule has 0 radical (unpaired) electrons. The van der Waals surface area contributed by atoms with Gasteiger partial charge in [0.25, 0.3) is 0 Å². The Morgan fingerprint density at radius 2 is 1.74 bits per heavy atom. The Kier molecular flexibility index (Phi) is 4.58. The van der Waals surface area contributed by atoms with Gasteiger partial charge in [-0.25, -0.2) is 0 Å². The van der Waals surface area contributed by atoms with Gasteiger partial charge in [-0.15, -0.1) is 0 Å². The standard InChI is InChI=1S/C25H34N2O4/c1-19-7-6-8-20(2)23(19)15-21(28)16-26-11-13-27(14-12-26)17-22(29)18-31-25-10-5-4-9-24(25)30-3/h4-10,22,29H,11-18H2,1-3H3/i1D3,2D3,16D2,18D2,22D. The lowest BCUT2D eigenvalue weighted by atomic mass is 9.98. The summed E-state index contributed by atoms with van der Waals surface area (Å²) in [6.07, 6.45) is -3.49. The highest BCUT2D eigenvalue weighted by Crippen LogP contribution is 2.25. The first-order valence-electron chi connectivity index (χ1n) is 15.4. The van der Waals surface area contributed by atoms with Gasteiger partial charge in [-0.1, -0.05) is 30.3 Å². The van der Waals surface area contributed by atoms with E-state index in [1.807, 2.05) is 0 Å². The number of carbonyl (C=O) groups excluding carboxylic acids is 1. The normalized spacial score (nSPS) is 24.1. The minimum atomic E-state index is -2.86. The monoisotopic (exact) mass is 437 g/mol. The van der Waals surface area contributed by atoms with Crippen LogP contribution in [0.2, 0.25) is 0 Å². The maximum atomic E-state index is 13.2. The van der Waals surface area contributed by atoms with E-state index in [2.05, 4.69) is 0 Å². The molecule has 1 atom stereocenters. The van der Waals surface area contributed by atoms with Crippen molar-refractivity contribution in [3.05, 3.63) is 59.2 Å². The maximum Gasteiger partial charge on any atom is 0.161 e. The molecule has 0 aliphatic carbocycles. The van der Waals surface area contributed by atoms with Gasteiger partial charge < -0.3 is 14.6 Å². The van der Waals surface area contributed by atoms with Gasteiger partial charge in [-0.3, -0.25) is 14.6 Å². The van der Waals surface area contributed by atoms with Crippen LogP contribution < -0.4 is 9.47 Å². The van der Waals surface area contributed by atoms with Gasteiger partial charge >= 0.3 is 0 Å². The van der Waals surface area contributed by atoms with E-state index in [9.17, 15) is 9.90 Å². The summed E-state index contributed by atoms with van der Waals surface area (Å²) in [4.78, 5) is 16.0. The van der Waals surface area contributed by atoms with Gasteiger partial charge in [0.05, 0.1) is 20.5 Å². The second-order valence-electron chi connectivity index (χ2n) is 7.11. The third-order valence-corrected chi connectivity index (χ3v) is 4.89. The molecular formula is C25H34N2O4. The molecule has 1 aliphatic rings. The zero-order chi connectivity index (χ0) is 31.7. The number of aryl methyl sites for hydroxylation is 2. The highest BCUT2D eigenvalue weighted by atomic mass is 16.5. The molecule has 0 aromatic heterocycles. The molecule has 1 aliphatic heterocycles. The van der Waals surface area contributed by atoms with Crippen molar-refractivity contribution >= 4 is 5.78 Å². The highest BCUT2D eigenvalue weighted by molar-refractivity contribution is 5.83. The molecule has 0 spiro atoms. The number of aliphatic hydroxyl groups is 1. The van der Waals surface area contributed by atoms with Crippen molar-refractivity contribution in [2.45, 2.75) is 26.2 Å². The third-order valence-electron chi connectivity index (χ3n) is 4.89. The Morgan fingerprint density at radius 3 is 2.39 bits per heavy atom. The van der Waals surface area contributed by atoms with Gasteiger partial charge in [0, 0.05) is 47.4 Å². The molecular weight excluding hydrogens is 392 g/mol. The number of ketones is 1. The van der Waals surface area contributed by atoms with Crippen LogP contribution in [0.3, 0.4) is 0 Å². The SMILES string of the molecule is [2H]C([2H])([2H])c1cccc(C([2H])([2H])[2H])c1CC(=O)C([2H])([2H])N1CCN(CC([2H])(O)C([2H])([2H])Oc2ccccc2OC)CC1. The largest absolute Gasteiger partial charge is 0.493 e. The van der Waals surface area contributed by atoms with Crippen molar-refractivity contribution in [3.8, 4) is 11.5 Å². The van der Waals surface area contributed by atoms with Crippen molar-refractivity contribution in [3.63, 3.8) is 0 Å². The fraction of sp³-hybridized carbons (Fsp3) is 0.480. The molecule has 0 saturated carbocycles. The van der Waals surface area contributed by atoms with Crippen LogP contribution in [0.5, 0.6) is 11.5 Å². The minimum Gasteiger partial charge on any atom is -0.493 e. The molecule has 3 rings (SSSR count). The molecule has 168 valence electrons. The molecule has 2 aromatic rings. The molecule has 0 amide bonds. The van der Waals surface area contributed by atoms with E-state index in [-0.39, 0.29) is 54.4 Å². The summed E-state index contributed by atoms with van der Waals surface area (Å²) in [6.45, 7) is -11.3. The predicted octanol–water partition coefficient (Wildman–Crippen LogP) is 2.48. The van der Waals surface area contributed by atoms with Gasteiger partial charge in [0.2, 0.25) is 0 Å². The number of Topliss-reactive ketones (excluding diaryl/α,β-unsaturated/α-hetero) is 1. The van der Waals surface area contributed by atoms with Crippen LogP contribution in [0.1, 0.15) is 31.8 Å². The summed E-state index contributed by atoms with van der Waals surface area (Å²) in [6, 6.07) is 9.89. The number of nitrogens with zero attached hydrogens (tertiary/aromatic N) is 2. The van der Waals surface area contributed by atoms with Crippen molar-refractivity contribution in [1.29, 1.82) is 0 Å². The van der Waals surface area contributed by atoms with E-state index < -0.39 is 51.6 Å². The maximum absolute atomic E-state index is 13.2. The number of β-amino-alcohol motifs (C(OH)–C–C–N with tert-alkyl or cyclic N) is 1. The summed E-state index contributed by atoms with van der Waals surface area (Å²) in [5, 5.41) is 10.7. The Bertz CT molecular complexity index is 1230. The minimum absolute atomic E-state index is 0.00563. The molecule has 1 N–H and O–H groups in total. The van der Waals surface area contributed by atoms with E-state index in [1.54, 1.807) is 12.1 Å². The Balaban J connectivity index is 1.70. The number of para-hydroxylation sites is 2. The van der Waals surface area contributed by atoms with Gasteiger partial charge in [-0.05, 0) is 42.5 Å². The molecule has 1 fully saturated rings. The van der Waals surface area contributed by atoms with Crippen LogP contribution in [0.15, 0.2) is 42.5 Å². The fourth-order valence-corrected chi connectivity index (χ4v) is 3.23. The molecule has 1 saturated heterocycles. The number of piperazine rings is 1. The highest BCUT2D eigenvalue weighted by Gasteiger charge is 2.21. The second kappa shape index (κ2) is 11.3. The quantitative estimate of drug-likeness (QED) is 0.616. The van der Waals surface area contributed by atoms with E-state index in [1.165, 1.54) is 47.2 Å². The lowest BCUT2D eigenvalue weighted by Crippen LogP contribution is -2.50. The van der Waals surface area contributed by atoms with E-state index >= 15 is 0 Å². The van der Waals surface area contributed by atoms with Crippen LogP contribution in [-0.2, 0) is 11.2 Å². The second-order valence-corrected chi connectivity index (χ2v) is 7.11. The summed E-state index contributed by atoms with van der Waals surface area (Å²) in [5.74, 6) is -0.809. The third kappa shape index (κ3) is 6.79. The van der Waals surface area contributed by atoms with Crippen molar-refractivity contribution in [2.75, 3.05) is 52.9 Å². The number of hydrogen-bond acceptors (Lipinski definition) is 6. The van der Waals surface area contributed by atoms with Gasteiger partial charge in [-0.2, -0.15) is 0 Å². The smallest absolute Gasteiger partial charge is 0.161 e. The van der Waals surface area contributed by atoms with E-state index in [0.717, 1.165) is 0 Å². The Labute approximate surface area is 200 Å². The molecule has 1 unspecified atom stereocenters. The van der Waals surface area contributed by atoms with Crippen LogP contribution in [0, 0.1) is 13.7 Å². The number of carbonyl (C=O) groups is 1. The number of methoxy groups -OCH3 is 1. The first-order chi connectivity index (χ1) is 19.2. The summed E-state index contributed by atoms with van der Waals surface area (Å²) in [5.41, 5.74) is -0.907. The van der Waals surface area contributed by atoms with Crippen LogP contribution in [0.4, 0.5) is 0 Å². The zero-order valence-corrected chi connectivity index (χ0v) is 17.4. The fourth-order valence-electron chi connectivity index (χ4n) is 3.23. The molecule has 2 aromatic carbocycles. The molecule has 0 bridgehead atoms. The van der Waals surface area contributed by atoms with Crippen LogP contribution in [0.25, 0.3) is 0 Å². The van der Waals surface area contributed by atoms with Gasteiger partial charge in [0.1, 0.15) is 12.6 Å². The first kappa shape index (κ1) is 12.6. The van der Waals surface area contributed by atoms with E-state index in [4.69, 9.17) is 24.6 Å². The lowest BCUT2D eigenvalue weighted by Gasteiger charge is -2.35. The molecule has 6 nitrogen and oxygen atoms in total. The topological polar surface area (TPSA) is 62.2 Å². The van der Waals surface area contributed by atoms with Crippen LogP contribution >= 0.6 is 0 Å². The average molecular weight is 438 g/mol. The van der Waals surface area contributed by atoms with Crippen molar-refractivity contribution in [1.82, 2.24) is 9.80 Å². The predicted molar refractivity (Wildman–Crippen MR) is 122 cm³/mol. The number of rotatable bonds is 10. The molecule has 6 heteroatoms. The lowest BCUT2D eigenvalue weighted by molar-refractivity contribution is -0.120. The summed E-state index contributed by atoms with van der Waals surface area (Å²) >= 11 is 0. The zero-order valence-electron chi connectivity index (χ0n) is 28.4. The first-order valence-corrected chi connectivity index (χ1v) is 9.89. The number of hydrogen-bond donors (Lipinski definition) is 1. The Hall–Kier alpha value is -2.41. The van der Waals surface area contributed by atoms with Crippen molar-refractivity contribution in [2.24, 2.45) is 0 Å². The summed E-state index contributed by atoms with van der Waals surface area (Å²) in [7, 11) is 1.37. The van der Waals surface area contributed by atoms with Crippen LogP contribution in [-0.4, -0.2) is 79.7 Å². The van der Waals surface area contributed by atoms with Gasteiger partial charge in [0.15, 0.2) is 17.3 Å². The average Bonchev–Trinajstić information content (AvgIpc) is 2.87. The van der Waals surface area contributed by atoms with Crippen molar-refractivity contribution < 1.29 is 34.5 Å². The van der Waals surface area contributed by atoms with E-state index in [0.29, 0.717) is 0 Å². The molecule has 31 heavy (non-hydrogen) atoms. The Morgan fingerprint density at radius 1 is 1.10 bits per heavy atom. The summed E-state index contributed by atoms with van der Waals surface area (Å²) < 4.78 is 98.9. The molecule has 1 heterocycles.